The van der Waals surface area contributed by atoms with Gasteiger partial charge < -0.3 is 10.2 Å². The molecule has 0 radical (unpaired) electrons. The number of aliphatic hydroxyl groups is 2. The van der Waals surface area contributed by atoms with Crippen molar-refractivity contribution >= 4 is 0 Å². The monoisotopic (exact) mass is 236 g/mol. The molecule has 0 bridgehead atoms. The van der Waals surface area contributed by atoms with Crippen LogP contribution in [0.3, 0.4) is 0 Å². The molecule has 2 heteroatoms. The lowest BCUT2D eigenvalue weighted by atomic mass is 10.00. The molecule has 2 N–H and O–H groups in total. The lowest BCUT2D eigenvalue weighted by molar-refractivity contribution is 0.219. The third-order valence-corrected chi connectivity index (χ3v) is 3.15. The van der Waals surface area contributed by atoms with Crippen LogP contribution in [-0.4, -0.2) is 22.9 Å². The summed E-state index contributed by atoms with van der Waals surface area (Å²) < 4.78 is 0. The molecule has 1 atom stereocenters. The fourth-order valence-electron chi connectivity index (χ4n) is 2.11. The first-order valence-electron chi connectivity index (χ1n) is 6.41. The molecular weight excluding hydrogens is 212 g/mol. The van der Waals surface area contributed by atoms with Gasteiger partial charge in [-0.2, -0.15) is 0 Å². The van der Waals surface area contributed by atoms with Crippen LogP contribution in [0.25, 0.3) is 0 Å². The quantitative estimate of drug-likeness (QED) is 0.687. The summed E-state index contributed by atoms with van der Waals surface area (Å²) in [6.07, 6.45) is 10.4. The van der Waals surface area contributed by atoms with Gasteiger partial charge in [0.05, 0.1) is 12.7 Å². The maximum absolute atomic E-state index is 9.87. The molecule has 0 aromatic rings. The Morgan fingerprint density at radius 3 is 2.47 bits per heavy atom. The molecule has 0 aromatic heterocycles. The fourth-order valence-corrected chi connectivity index (χ4v) is 2.11. The van der Waals surface area contributed by atoms with Crippen molar-refractivity contribution in [1.82, 2.24) is 0 Å². The van der Waals surface area contributed by atoms with Crippen LogP contribution in [0.4, 0.5) is 0 Å². The highest BCUT2D eigenvalue weighted by Gasteiger charge is 2.05. The number of hydrogen-bond donors (Lipinski definition) is 2. The van der Waals surface area contributed by atoms with E-state index >= 15 is 0 Å². The average molecular weight is 236 g/mol. The van der Waals surface area contributed by atoms with Gasteiger partial charge in [0.25, 0.3) is 0 Å². The molecule has 1 aliphatic rings. The van der Waals surface area contributed by atoms with E-state index in [1.165, 1.54) is 11.1 Å². The Morgan fingerprint density at radius 1 is 1.12 bits per heavy atom. The maximum atomic E-state index is 9.87. The minimum Gasteiger partial charge on any atom is -0.392 e. The first kappa shape index (κ1) is 14.2. The number of aliphatic hydroxyl groups excluding tert-OH is 2. The number of hydrogen-bond acceptors (Lipinski definition) is 2. The Balaban J connectivity index is 2.78. The third kappa shape index (κ3) is 5.85. The van der Waals surface area contributed by atoms with Crippen LogP contribution in [0.15, 0.2) is 34.9 Å². The fraction of sp³-hybridized carbons (Fsp3) is 0.600. The zero-order valence-corrected chi connectivity index (χ0v) is 10.9. The summed E-state index contributed by atoms with van der Waals surface area (Å²) in [5.74, 6) is 0. The summed E-state index contributed by atoms with van der Waals surface area (Å²) in [4.78, 5) is 0. The van der Waals surface area contributed by atoms with Crippen molar-refractivity contribution in [2.45, 2.75) is 52.1 Å². The standard InChI is InChI=1S/C15H24O2/c1-12-5-3-7-13(2)9-15(17)10-14(11-16)8-4-6-12/h6-7,10,15-17H,3-5,8-9,11H2,1-2H3/b12-6+,13-7+,14-10+. The Hall–Kier alpha value is -0.860. The Bertz CT molecular complexity index is 324. The highest BCUT2D eigenvalue weighted by molar-refractivity contribution is 5.13. The van der Waals surface area contributed by atoms with E-state index in [2.05, 4.69) is 26.0 Å². The molecule has 0 spiro atoms. The summed E-state index contributed by atoms with van der Waals surface area (Å²) in [6, 6.07) is 0. The van der Waals surface area contributed by atoms with Gasteiger partial charge in [-0.05, 0) is 51.5 Å². The number of rotatable bonds is 1. The van der Waals surface area contributed by atoms with E-state index in [9.17, 15) is 10.2 Å². The van der Waals surface area contributed by atoms with Crippen molar-refractivity contribution in [3.8, 4) is 0 Å². The highest BCUT2D eigenvalue weighted by atomic mass is 16.3. The summed E-state index contributed by atoms with van der Waals surface area (Å²) >= 11 is 0. The van der Waals surface area contributed by atoms with Gasteiger partial charge in [0.1, 0.15) is 0 Å². The predicted molar refractivity (Wildman–Crippen MR) is 71.8 cm³/mol. The third-order valence-electron chi connectivity index (χ3n) is 3.15. The van der Waals surface area contributed by atoms with Crippen LogP contribution in [-0.2, 0) is 0 Å². The van der Waals surface area contributed by atoms with E-state index < -0.39 is 6.10 Å². The topological polar surface area (TPSA) is 40.5 Å². The molecule has 0 heterocycles. The first-order chi connectivity index (χ1) is 8.11. The van der Waals surface area contributed by atoms with Crippen molar-refractivity contribution in [2.24, 2.45) is 0 Å². The zero-order chi connectivity index (χ0) is 12.7. The molecule has 1 unspecified atom stereocenters. The first-order valence-corrected chi connectivity index (χ1v) is 6.41. The number of allylic oxidation sites excluding steroid dienone is 3. The largest absolute Gasteiger partial charge is 0.392 e. The Morgan fingerprint density at radius 2 is 1.76 bits per heavy atom. The van der Waals surface area contributed by atoms with Gasteiger partial charge in [-0.25, -0.2) is 0 Å². The molecule has 17 heavy (non-hydrogen) atoms. The lowest BCUT2D eigenvalue weighted by Gasteiger charge is -2.11. The van der Waals surface area contributed by atoms with Crippen molar-refractivity contribution in [1.29, 1.82) is 0 Å². The second-order valence-electron chi connectivity index (χ2n) is 4.93. The van der Waals surface area contributed by atoms with Gasteiger partial charge in [0.15, 0.2) is 0 Å². The summed E-state index contributed by atoms with van der Waals surface area (Å²) in [5.41, 5.74) is 3.57. The molecule has 0 saturated heterocycles. The molecule has 0 amide bonds. The zero-order valence-electron chi connectivity index (χ0n) is 10.9. The molecule has 0 saturated carbocycles. The molecule has 0 fully saturated rings. The van der Waals surface area contributed by atoms with Gasteiger partial charge in [-0.15, -0.1) is 0 Å². The average Bonchev–Trinajstić information content (AvgIpc) is 2.26. The molecule has 0 aromatic carbocycles. The van der Waals surface area contributed by atoms with Crippen LogP contribution in [0.2, 0.25) is 0 Å². The van der Waals surface area contributed by atoms with E-state index in [4.69, 9.17) is 0 Å². The molecule has 96 valence electrons. The summed E-state index contributed by atoms with van der Waals surface area (Å²) in [7, 11) is 0. The summed E-state index contributed by atoms with van der Waals surface area (Å²) in [6.45, 7) is 4.26. The van der Waals surface area contributed by atoms with Crippen molar-refractivity contribution in [3.05, 3.63) is 34.9 Å². The minimum atomic E-state index is -0.460. The predicted octanol–water partition coefficient (Wildman–Crippen LogP) is 3.12. The minimum absolute atomic E-state index is 0.0483. The molecule has 1 rings (SSSR count). The summed E-state index contributed by atoms with van der Waals surface area (Å²) in [5, 5.41) is 19.1. The van der Waals surface area contributed by atoms with E-state index in [1.54, 1.807) is 0 Å². The van der Waals surface area contributed by atoms with E-state index in [1.807, 2.05) is 6.08 Å². The van der Waals surface area contributed by atoms with Gasteiger partial charge in [0, 0.05) is 0 Å². The van der Waals surface area contributed by atoms with Crippen LogP contribution in [0.1, 0.15) is 46.0 Å². The van der Waals surface area contributed by atoms with Crippen LogP contribution >= 0.6 is 0 Å². The second-order valence-corrected chi connectivity index (χ2v) is 4.93. The molecule has 2 nitrogen and oxygen atoms in total. The van der Waals surface area contributed by atoms with E-state index in [-0.39, 0.29) is 6.61 Å². The Labute approximate surface area is 104 Å². The van der Waals surface area contributed by atoms with Crippen LogP contribution < -0.4 is 0 Å². The van der Waals surface area contributed by atoms with Gasteiger partial charge in [0.2, 0.25) is 0 Å². The molecular formula is C15H24O2. The Kier molecular flexibility index (Phi) is 6.23. The smallest absolute Gasteiger partial charge is 0.0761 e. The van der Waals surface area contributed by atoms with Crippen molar-refractivity contribution in [3.63, 3.8) is 0 Å². The SMILES string of the molecule is C/C1=C\CC/C(CO)=C\C(O)C/C(C)=C/CC1. The normalized spacial score (nSPS) is 33.2. The lowest BCUT2D eigenvalue weighted by Crippen LogP contribution is -2.06. The molecule has 1 aliphatic carbocycles. The van der Waals surface area contributed by atoms with Crippen LogP contribution in [0.5, 0.6) is 0 Å². The van der Waals surface area contributed by atoms with Crippen molar-refractivity contribution in [2.75, 3.05) is 6.61 Å². The second kappa shape index (κ2) is 7.46. The van der Waals surface area contributed by atoms with Gasteiger partial charge in [-0.3, -0.25) is 0 Å². The maximum Gasteiger partial charge on any atom is 0.0761 e. The van der Waals surface area contributed by atoms with E-state index in [0.717, 1.165) is 31.3 Å². The van der Waals surface area contributed by atoms with E-state index in [0.29, 0.717) is 6.42 Å². The van der Waals surface area contributed by atoms with Gasteiger partial charge >= 0.3 is 0 Å². The van der Waals surface area contributed by atoms with Gasteiger partial charge in [-0.1, -0.05) is 29.4 Å². The highest BCUT2D eigenvalue weighted by Crippen LogP contribution is 2.16. The molecule has 0 aliphatic heterocycles. The van der Waals surface area contributed by atoms with Crippen LogP contribution in [0, 0.1) is 0 Å². The van der Waals surface area contributed by atoms with Crippen molar-refractivity contribution < 1.29 is 10.2 Å².